The van der Waals surface area contributed by atoms with E-state index in [0.717, 1.165) is 39.2 Å². The van der Waals surface area contributed by atoms with Gasteiger partial charge in [-0.05, 0) is 59.7 Å². The third kappa shape index (κ3) is 3.23. The molecular weight excluding hydrogens is 474 g/mol. The SMILES string of the molecule is Nc1ccc(-c2cccc(-n3c4ccccc4c4ccccc43)c2)cc1-n1c2ccccc2c2ccccc21. The van der Waals surface area contributed by atoms with Crippen LogP contribution in [0.25, 0.3) is 66.1 Å². The van der Waals surface area contributed by atoms with Crippen molar-refractivity contribution in [2.24, 2.45) is 0 Å². The lowest BCUT2D eigenvalue weighted by Crippen LogP contribution is -2.00. The quantitative estimate of drug-likeness (QED) is 0.242. The van der Waals surface area contributed by atoms with Crippen molar-refractivity contribution in [2.75, 3.05) is 5.73 Å². The van der Waals surface area contributed by atoms with Crippen molar-refractivity contribution in [2.45, 2.75) is 0 Å². The van der Waals surface area contributed by atoms with E-state index in [0.29, 0.717) is 0 Å². The molecule has 8 aromatic rings. The van der Waals surface area contributed by atoms with Gasteiger partial charge in [-0.15, -0.1) is 0 Å². The normalized spacial score (nSPS) is 11.7. The molecule has 0 radical (unpaired) electrons. The minimum absolute atomic E-state index is 0.754. The van der Waals surface area contributed by atoms with Crippen LogP contribution in [0.15, 0.2) is 140 Å². The van der Waals surface area contributed by atoms with E-state index in [4.69, 9.17) is 5.73 Å². The van der Waals surface area contributed by atoms with E-state index in [-0.39, 0.29) is 0 Å². The van der Waals surface area contributed by atoms with Gasteiger partial charge in [0.05, 0.1) is 33.4 Å². The fourth-order valence-corrected chi connectivity index (χ4v) is 6.12. The Kier molecular flexibility index (Phi) is 4.67. The molecule has 2 aromatic heterocycles. The Morgan fingerprint density at radius 3 is 1.38 bits per heavy atom. The van der Waals surface area contributed by atoms with Crippen molar-refractivity contribution in [3.8, 4) is 22.5 Å². The van der Waals surface area contributed by atoms with Crippen LogP contribution in [0.3, 0.4) is 0 Å². The highest BCUT2D eigenvalue weighted by Gasteiger charge is 2.15. The number of nitrogen functional groups attached to an aromatic ring is 1. The Labute approximate surface area is 226 Å². The van der Waals surface area contributed by atoms with Gasteiger partial charge in [0.25, 0.3) is 0 Å². The molecule has 0 saturated carbocycles. The molecular formula is C36H25N3. The summed E-state index contributed by atoms with van der Waals surface area (Å²) in [6.45, 7) is 0. The predicted molar refractivity (Wildman–Crippen MR) is 165 cm³/mol. The van der Waals surface area contributed by atoms with E-state index in [1.165, 1.54) is 32.6 Å². The monoisotopic (exact) mass is 499 g/mol. The van der Waals surface area contributed by atoms with E-state index >= 15 is 0 Å². The van der Waals surface area contributed by atoms with Gasteiger partial charge in [-0.3, -0.25) is 0 Å². The molecule has 0 aliphatic rings. The highest BCUT2D eigenvalue weighted by atomic mass is 15.0. The molecule has 2 N–H and O–H groups in total. The van der Waals surface area contributed by atoms with E-state index < -0.39 is 0 Å². The van der Waals surface area contributed by atoms with Crippen molar-refractivity contribution in [1.82, 2.24) is 9.13 Å². The first-order valence-corrected chi connectivity index (χ1v) is 13.2. The van der Waals surface area contributed by atoms with E-state index in [9.17, 15) is 0 Å². The molecule has 0 bridgehead atoms. The molecule has 3 heteroatoms. The zero-order valence-electron chi connectivity index (χ0n) is 21.3. The van der Waals surface area contributed by atoms with E-state index in [1.54, 1.807) is 0 Å². The molecule has 0 unspecified atom stereocenters. The summed E-state index contributed by atoms with van der Waals surface area (Å²) in [4.78, 5) is 0. The van der Waals surface area contributed by atoms with Gasteiger partial charge in [0.15, 0.2) is 0 Å². The summed E-state index contributed by atoms with van der Waals surface area (Å²) >= 11 is 0. The number of nitrogens with zero attached hydrogens (tertiary/aromatic N) is 2. The molecule has 39 heavy (non-hydrogen) atoms. The molecule has 0 amide bonds. The first-order chi connectivity index (χ1) is 19.3. The Morgan fingerprint density at radius 1 is 0.385 bits per heavy atom. The third-order valence-corrected chi connectivity index (χ3v) is 7.87. The maximum Gasteiger partial charge on any atom is 0.0697 e. The molecule has 8 rings (SSSR count). The summed E-state index contributed by atoms with van der Waals surface area (Å²) in [5.74, 6) is 0. The Hall–Kier alpha value is -5.28. The van der Waals surface area contributed by atoms with Gasteiger partial charge < -0.3 is 14.9 Å². The molecule has 0 atom stereocenters. The highest BCUT2D eigenvalue weighted by Crippen LogP contribution is 2.37. The average molecular weight is 500 g/mol. The van der Waals surface area contributed by atoms with E-state index in [2.05, 4.69) is 143 Å². The smallest absolute Gasteiger partial charge is 0.0697 e. The number of nitrogens with two attached hydrogens (primary N) is 1. The van der Waals surface area contributed by atoms with Crippen molar-refractivity contribution in [3.05, 3.63) is 140 Å². The number of rotatable bonds is 3. The largest absolute Gasteiger partial charge is 0.397 e. The molecule has 0 spiro atoms. The van der Waals surface area contributed by atoms with Crippen molar-refractivity contribution < 1.29 is 0 Å². The van der Waals surface area contributed by atoms with Gasteiger partial charge in [0.2, 0.25) is 0 Å². The molecule has 2 heterocycles. The van der Waals surface area contributed by atoms with Crippen LogP contribution in [-0.4, -0.2) is 9.13 Å². The van der Waals surface area contributed by atoms with Crippen molar-refractivity contribution in [3.63, 3.8) is 0 Å². The van der Waals surface area contributed by atoms with Crippen molar-refractivity contribution >= 4 is 49.3 Å². The molecule has 0 fully saturated rings. The van der Waals surface area contributed by atoms with Crippen LogP contribution in [-0.2, 0) is 0 Å². The minimum atomic E-state index is 0.754. The summed E-state index contributed by atoms with van der Waals surface area (Å²) in [7, 11) is 0. The lowest BCUT2D eigenvalue weighted by atomic mass is 10.0. The second-order valence-corrected chi connectivity index (χ2v) is 10.1. The third-order valence-electron chi connectivity index (χ3n) is 7.87. The fourth-order valence-electron chi connectivity index (χ4n) is 6.12. The molecule has 6 aromatic carbocycles. The number of anilines is 1. The molecule has 184 valence electrons. The number of fused-ring (bicyclic) bond motifs is 6. The second-order valence-electron chi connectivity index (χ2n) is 10.1. The number of hydrogen-bond acceptors (Lipinski definition) is 1. The molecule has 0 aliphatic heterocycles. The van der Waals surface area contributed by atoms with Crippen LogP contribution in [0.2, 0.25) is 0 Å². The maximum absolute atomic E-state index is 6.65. The van der Waals surface area contributed by atoms with Gasteiger partial charge >= 0.3 is 0 Å². The predicted octanol–water partition coefficient (Wildman–Crippen LogP) is 9.13. The van der Waals surface area contributed by atoms with Crippen LogP contribution in [0, 0.1) is 0 Å². The summed E-state index contributed by atoms with van der Waals surface area (Å²) in [5, 5.41) is 4.98. The summed E-state index contributed by atoms with van der Waals surface area (Å²) < 4.78 is 4.65. The Morgan fingerprint density at radius 2 is 0.846 bits per heavy atom. The van der Waals surface area contributed by atoms with Crippen LogP contribution in [0.5, 0.6) is 0 Å². The van der Waals surface area contributed by atoms with Crippen LogP contribution >= 0.6 is 0 Å². The second kappa shape index (κ2) is 8.37. The van der Waals surface area contributed by atoms with Crippen LogP contribution < -0.4 is 5.73 Å². The number of para-hydroxylation sites is 4. The highest BCUT2D eigenvalue weighted by molar-refractivity contribution is 6.10. The zero-order valence-corrected chi connectivity index (χ0v) is 21.3. The zero-order chi connectivity index (χ0) is 25.9. The standard InChI is InChI=1S/C36H25N3/c37-31-21-20-25(23-36(31)39-34-18-7-3-14-29(34)30-15-4-8-19-35(30)39)24-10-9-11-26(22-24)38-32-16-5-1-12-27(32)28-13-2-6-17-33(28)38/h1-23H,37H2. The van der Waals surface area contributed by atoms with Gasteiger partial charge in [-0.25, -0.2) is 0 Å². The summed E-state index contributed by atoms with van der Waals surface area (Å²) in [6, 6.07) is 49.5. The number of hydrogen-bond donors (Lipinski definition) is 1. The minimum Gasteiger partial charge on any atom is -0.397 e. The Bertz CT molecular complexity index is 2090. The first-order valence-electron chi connectivity index (χ1n) is 13.2. The Balaban J connectivity index is 1.34. The topological polar surface area (TPSA) is 35.9 Å². The summed E-state index contributed by atoms with van der Waals surface area (Å²) in [5.41, 5.74) is 16.5. The maximum atomic E-state index is 6.65. The molecule has 0 aliphatic carbocycles. The van der Waals surface area contributed by atoms with Crippen LogP contribution in [0.4, 0.5) is 5.69 Å². The first kappa shape index (κ1) is 21.8. The average Bonchev–Trinajstić information content (AvgIpc) is 3.51. The fraction of sp³-hybridized carbons (Fsp3) is 0. The van der Waals surface area contributed by atoms with E-state index in [1.807, 2.05) is 6.07 Å². The van der Waals surface area contributed by atoms with Crippen molar-refractivity contribution in [1.29, 1.82) is 0 Å². The van der Waals surface area contributed by atoms with Gasteiger partial charge in [0.1, 0.15) is 0 Å². The number of aromatic nitrogens is 2. The van der Waals surface area contributed by atoms with Gasteiger partial charge in [-0.2, -0.15) is 0 Å². The number of benzene rings is 6. The van der Waals surface area contributed by atoms with Gasteiger partial charge in [-0.1, -0.05) is 91.0 Å². The lowest BCUT2D eigenvalue weighted by molar-refractivity contribution is 1.18. The molecule has 0 saturated heterocycles. The lowest BCUT2D eigenvalue weighted by Gasteiger charge is -2.14. The molecule has 3 nitrogen and oxygen atoms in total. The summed E-state index contributed by atoms with van der Waals surface area (Å²) in [6.07, 6.45) is 0. The van der Waals surface area contributed by atoms with Crippen LogP contribution in [0.1, 0.15) is 0 Å². The van der Waals surface area contributed by atoms with Gasteiger partial charge in [0, 0.05) is 27.2 Å².